The molecule has 0 aliphatic heterocycles. The van der Waals surface area contributed by atoms with E-state index in [1.54, 1.807) is 0 Å². The molecule has 1 rings (SSSR count). The topological polar surface area (TPSA) is 38.0 Å². The second-order valence-corrected chi connectivity index (χ2v) is 4.64. The summed E-state index contributed by atoms with van der Waals surface area (Å²) < 4.78 is 1.10. The molecule has 0 saturated heterocycles. The van der Waals surface area contributed by atoms with Crippen molar-refractivity contribution in [3.63, 3.8) is 0 Å². The van der Waals surface area contributed by atoms with Crippen molar-refractivity contribution in [3.05, 3.63) is 28.7 Å². The average Bonchev–Trinajstić information content (AvgIpc) is 2.27. The van der Waals surface area contributed by atoms with Gasteiger partial charge in [-0.15, -0.1) is 0 Å². The molecule has 0 saturated carbocycles. The first kappa shape index (κ1) is 12.5. The Kier molecular flexibility index (Phi) is 5.73. The number of halogens is 1. The number of anilines is 1. The van der Waals surface area contributed by atoms with E-state index >= 15 is 0 Å². The van der Waals surface area contributed by atoms with E-state index in [1.165, 1.54) is 12.8 Å². The quantitative estimate of drug-likeness (QED) is 0.832. The van der Waals surface area contributed by atoms with Crippen molar-refractivity contribution in [1.82, 2.24) is 0 Å². The van der Waals surface area contributed by atoms with E-state index in [9.17, 15) is 0 Å². The molecule has 0 amide bonds. The molecular weight excluding hydrogens is 252 g/mol. The zero-order valence-electron chi connectivity index (χ0n) is 9.17. The molecule has 0 radical (unpaired) electrons. The van der Waals surface area contributed by atoms with Gasteiger partial charge in [0.1, 0.15) is 0 Å². The first-order valence-electron chi connectivity index (χ1n) is 5.48. The van der Waals surface area contributed by atoms with Crippen LogP contribution in [0, 0.1) is 0 Å². The Morgan fingerprint density at radius 2 is 2.00 bits per heavy atom. The second kappa shape index (κ2) is 6.85. The molecule has 0 bridgehead atoms. The van der Waals surface area contributed by atoms with Crippen molar-refractivity contribution in [2.24, 2.45) is 5.73 Å². The van der Waals surface area contributed by atoms with Crippen LogP contribution in [-0.4, -0.2) is 12.6 Å². The molecule has 84 valence electrons. The smallest absolute Gasteiger partial charge is 0.0383 e. The molecule has 15 heavy (non-hydrogen) atoms. The van der Waals surface area contributed by atoms with Crippen molar-refractivity contribution < 1.29 is 0 Å². The molecule has 3 heteroatoms. The van der Waals surface area contributed by atoms with Crippen LogP contribution in [0.5, 0.6) is 0 Å². The number of benzene rings is 1. The van der Waals surface area contributed by atoms with Gasteiger partial charge in [0.15, 0.2) is 0 Å². The van der Waals surface area contributed by atoms with Gasteiger partial charge in [-0.25, -0.2) is 0 Å². The van der Waals surface area contributed by atoms with Crippen LogP contribution in [0.3, 0.4) is 0 Å². The van der Waals surface area contributed by atoms with E-state index < -0.39 is 0 Å². The molecule has 3 N–H and O–H groups in total. The van der Waals surface area contributed by atoms with Crippen LogP contribution in [0.15, 0.2) is 28.7 Å². The van der Waals surface area contributed by atoms with E-state index in [1.807, 2.05) is 12.1 Å². The van der Waals surface area contributed by atoms with Crippen LogP contribution in [-0.2, 0) is 0 Å². The van der Waals surface area contributed by atoms with Gasteiger partial charge in [0.2, 0.25) is 0 Å². The number of nitrogens with one attached hydrogen (secondary N) is 1. The highest BCUT2D eigenvalue weighted by atomic mass is 79.9. The number of unbranched alkanes of at least 4 members (excludes halogenated alkanes) is 1. The number of nitrogens with two attached hydrogens (primary N) is 1. The van der Waals surface area contributed by atoms with Gasteiger partial charge >= 0.3 is 0 Å². The summed E-state index contributed by atoms with van der Waals surface area (Å²) in [6.07, 6.45) is 3.59. The van der Waals surface area contributed by atoms with Crippen molar-refractivity contribution in [3.8, 4) is 0 Å². The molecule has 1 unspecified atom stereocenters. The van der Waals surface area contributed by atoms with Crippen LogP contribution in [0.2, 0.25) is 0 Å². The maximum Gasteiger partial charge on any atom is 0.0383 e. The molecule has 1 aromatic rings. The monoisotopic (exact) mass is 270 g/mol. The number of rotatable bonds is 6. The van der Waals surface area contributed by atoms with Gasteiger partial charge in [0.05, 0.1) is 0 Å². The zero-order chi connectivity index (χ0) is 11.1. The van der Waals surface area contributed by atoms with Gasteiger partial charge in [0, 0.05) is 22.7 Å². The molecule has 0 fully saturated rings. The van der Waals surface area contributed by atoms with Crippen molar-refractivity contribution >= 4 is 21.6 Å². The highest BCUT2D eigenvalue weighted by Crippen LogP contribution is 2.15. The molecule has 0 aliphatic carbocycles. The standard InChI is InChI=1S/C12H19BrN2/c1-2-3-4-12(9-14)15-11-7-5-10(13)6-8-11/h5-8,12,15H,2-4,9,14H2,1H3. The predicted octanol–water partition coefficient (Wildman–Crippen LogP) is 3.38. The molecule has 0 aliphatic rings. The normalized spacial score (nSPS) is 12.5. The summed E-state index contributed by atoms with van der Waals surface area (Å²) in [6, 6.07) is 8.61. The lowest BCUT2D eigenvalue weighted by Gasteiger charge is -2.17. The van der Waals surface area contributed by atoms with Crippen LogP contribution < -0.4 is 11.1 Å². The maximum absolute atomic E-state index is 5.72. The molecule has 2 nitrogen and oxygen atoms in total. The third-order valence-electron chi connectivity index (χ3n) is 2.41. The Labute approximate surface area is 100 Å². The Morgan fingerprint density at radius 3 is 2.53 bits per heavy atom. The van der Waals surface area contributed by atoms with Crippen LogP contribution in [0.4, 0.5) is 5.69 Å². The van der Waals surface area contributed by atoms with Gasteiger partial charge in [-0.3, -0.25) is 0 Å². The van der Waals surface area contributed by atoms with E-state index in [2.05, 4.69) is 40.3 Å². The molecule has 0 heterocycles. The molecule has 0 spiro atoms. The minimum absolute atomic E-state index is 0.395. The lowest BCUT2D eigenvalue weighted by Crippen LogP contribution is -2.28. The molecular formula is C12H19BrN2. The summed E-state index contributed by atoms with van der Waals surface area (Å²) in [4.78, 5) is 0. The first-order chi connectivity index (χ1) is 7.26. The summed E-state index contributed by atoms with van der Waals surface area (Å²) in [7, 11) is 0. The summed E-state index contributed by atoms with van der Waals surface area (Å²) in [5.41, 5.74) is 6.86. The van der Waals surface area contributed by atoms with Crippen molar-refractivity contribution in [2.75, 3.05) is 11.9 Å². The Hall–Kier alpha value is -0.540. The first-order valence-corrected chi connectivity index (χ1v) is 6.27. The highest BCUT2D eigenvalue weighted by molar-refractivity contribution is 9.10. The second-order valence-electron chi connectivity index (χ2n) is 3.73. The third kappa shape index (κ3) is 4.67. The molecule has 1 atom stereocenters. The summed E-state index contributed by atoms with van der Waals surface area (Å²) in [5, 5.41) is 3.44. The Balaban J connectivity index is 2.47. The maximum atomic E-state index is 5.72. The van der Waals surface area contributed by atoms with E-state index in [0.29, 0.717) is 12.6 Å². The van der Waals surface area contributed by atoms with Gasteiger partial charge in [0.25, 0.3) is 0 Å². The van der Waals surface area contributed by atoms with Crippen LogP contribution >= 0.6 is 15.9 Å². The van der Waals surface area contributed by atoms with Crippen LogP contribution in [0.25, 0.3) is 0 Å². The minimum Gasteiger partial charge on any atom is -0.381 e. The summed E-state index contributed by atoms with van der Waals surface area (Å²) in [5.74, 6) is 0. The Morgan fingerprint density at radius 1 is 1.33 bits per heavy atom. The number of hydrogen-bond acceptors (Lipinski definition) is 2. The zero-order valence-corrected chi connectivity index (χ0v) is 10.8. The SMILES string of the molecule is CCCCC(CN)Nc1ccc(Br)cc1. The van der Waals surface area contributed by atoms with Gasteiger partial charge < -0.3 is 11.1 Å². The van der Waals surface area contributed by atoms with E-state index in [-0.39, 0.29) is 0 Å². The Bertz CT molecular complexity index is 271. The fourth-order valence-electron chi connectivity index (χ4n) is 1.48. The highest BCUT2D eigenvalue weighted by Gasteiger charge is 2.04. The van der Waals surface area contributed by atoms with Crippen LogP contribution in [0.1, 0.15) is 26.2 Å². The fraction of sp³-hybridized carbons (Fsp3) is 0.500. The average molecular weight is 271 g/mol. The lowest BCUT2D eigenvalue weighted by molar-refractivity contribution is 0.614. The van der Waals surface area contributed by atoms with Crippen molar-refractivity contribution in [1.29, 1.82) is 0 Å². The molecule has 0 aromatic heterocycles. The van der Waals surface area contributed by atoms with Gasteiger partial charge in [-0.2, -0.15) is 0 Å². The molecule has 1 aromatic carbocycles. The fourth-order valence-corrected chi connectivity index (χ4v) is 1.75. The van der Waals surface area contributed by atoms with Crippen molar-refractivity contribution in [2.45, 2.75) is 32.2 Å². The largest absolute Gasteiger partial charge is 0.381 e. The minimum atomic E-state index is 0.395. The van der Waals surface area contributed by atoms with E-state index in [4.69, 9.17) is 5.73 Å². The van der Waals surface area contributed by atoms with Gasteiger partial charge in [-0.1, -0.05) is 35.7 Å². The summed E-state index contributed by atoms with van der Waals surface area (Å²) >= 11 is 3.42. The lowest BCUT2D eigenvalue weighted by atomic mass is 10.1. The summed E-state index contributed by atoms with van der Waals surface area (Å²) in [6.45, 7) is 2.89. The number of hydrogen-bond donors (Lipinski definition) is 2. The predicted molar refractivity (Wildman–Crippen MR) is 70.1 cm³/mol. The van der Waals surface area contributed by atoms with Gasteiger partial charge in [-0.05, 0) is 30.7 Å². The van der Waals surface area contributed by atoms with E-state index in [0.717, 1.165) is 16.6 Å². The third-order valence-corrected chi connectivity index (χ3v) is 2.93.